The van der Waals surface area contributed by atoms with Crippen molar-refractivity contribution in [3.63, 3.8) is 0 Å². The van der Waals surface area contributed by atoms with Gasteiger partial charge in [0.2, 0.25) is 0 Å². The Balaban J connectivity index is 1.91. The summed E-state index contributed by atoms with van der Waals surface area (Å²) in [4.78, 5) is 27.0. The lowest BCUT2D eigenvalue weighted by Crippen LogP contribution is -2.12. The van der Waals surface area contributed by atoms with E-state index in [9.17, 15) is 14.9 Å². The Kier molecular flexibility index (Phi) is 4.35. The molecule has 0 fully saturated rings. The van der Waals surface area contributed by atoms with Crippen LogP contribution in [0.4, 0.5) is 10.1 Å². The van der Waals surface area contributed by atoms with E-state index in [1.807, 2.05) is 42.5 Å². The van der Waals surface area contributed by atoms with Crippen LogP contribution in [-0.4, -0.2) is 15.8 Å². The van der Waals surface area contributed by atoms with Crippen LogP contribution in [0.5, 0.6) is 0 Å². The van der Waals surface area contributed by atoms with Crippen LogP contribution in [0, 0.1) is 17.0 Å². The fraction of sp³-hybridized carbons (Fsp3) is 0.0588. The third kappa shape index (κ3) is 3.16. The Labute approximate surface area is 141 Å². The van der Waals surface area contributed by atoms with E-state index in [4.69, 9.17) is 0 Å². The summed E-state index contributed by atoms with van der Waals surface area (Å²) >= 11 is 0.850. The van der Waals surface area contributed by atoms with Gasteiger partial charge in [0.25, 0.3) is 5.91 Å². The Hall–Kier alpha value is -3.06. The van der Waals surface area contributed by atoms with Crippen molar-refractivity contribution in [3.05, 3.63) is 76.0 Å². The third-order valence-corrected chi connectivity index (χ3v) is 4.44. The molecule has 1 N–H and O–H groups in total. The van der Waals surface area contributed by atoms with Gasteiger partial charge < -0.3 is 0 Å². The van der Waals surface area contributed by atoms with Crippen LogP contribution in [0.3, 0.4) is 0 Å². The van der Waals surface area contributed by atoms with Crippen LogP contribution < -0.4 is 5.32 Å². The number of nitrogens with zero attached hydrogens (tertiary/aromatic N) is 2. The molecule has 1 amide bonds. The molecule has 6 nitrogen and oxygen atoms in total. The summed E-state index contributed by atoms with van der Waals surface area (Å²) in [7, 11) is 0. The van der Waals surface area contributed by atoms with Gasteiger partial charge in [0.05, 0.1) is 4.92 Å². The fourth-order valence-electron chi connectivity index (χ4n) is 2.33. The predicted molar refractivity (Wildman–Crippen MR) is 93.3 cm³/mol. The van der Waals surface area contributed by atoms with Gasteiger partial charge in [-0.2, -0.15) is 0 Å². The number of amides is 1. The normalized spacial score (nSPS) is 10.4. The molecule has 0 atom stereocenters. The second kappa shape index (κ2) is 6.59. The van der Waals surface area contributed by atoms with Crippen molar-refractivity contribution >= 4 is 27.4 Å². The molecule has 0 radical (unpaired) electrons. The van der Waals surface area contributed by atoms with Crippen molar-refractivity contribution in [2.75, 3.05) is 5.32 Å². The summed E-state index contributed by atoms with van der Waals surface area (Å²) in [5, 5.41) is 13.7. The number of thiazole rings is 1. The number of benzene rings is 2. The van der Waals surface area contributed by atoms with E-state index in [1.165, 1.54) is 0 Å². The number of hydrogen-bond donors (Lipinski definition) is 1. The summed E-state index contributed by atoms with van der Waals surface area (Å²) < 4.78 is 0. The van der Waals surface area contributed by atoms with Crippen molar-refractivity contribution in [1.29, 1.82) is 0 Å². The molecule has 1 aromatic heterocycles. The highest BCUT2D eigenvalue weighted by Crippen LogP contribution is 2.31. The molecule has 7 heteroatoms. The standard InChI is InChI=1S/C17H13N3O3S/c1-11-16(20(22)23)24-17(18-11)19-15(21)14-10-6-5-9-13(14)12-7-3-2-4-8-12/h2-10H,1H3,(H,18,19,21). The Morgan fingerprint density at radius 2 is 1.79 bits per heavy atom. The van der Waals surface area contributed by atoms with Gasteiger partial charge in [0, 0.05) is 5.56 Å². The third-order valence-electron chi connectivity index (χ3n) is 3.41. The molecule has 0 aliphatic rings. The molecule has 0 aliphatic heterocycles. The number of nitro groups is 1. The van der Waals surface area contributed by atoms with Crippen LogP contribution in [0.1, 0.15) is 16.1 Å². The van der Waals surface area contributed by atoms with E-state index in [0.717, 1.165) is 22.5 Å². The van der Waals surface area contributed by atoms with Crippen LogP contribution in [-0.2, 0) is 0 Å². The molecular weight excluding hydrogens is 326 g/mol. The van der Waals surface area contributed by atoms with Gasteiger partial charge in [-0.25, -0.2) is 4.98 Å². The minimum Gasteiger partial charge on any atom is -0.298 e. The zero-order valence-electron chi connectivity index (χ0n) is 12.7. The molecule has 3 rings (SSSR count). The number of rotatable bonds is 4. The quantitative estimate of drug-likeness (QED) is 0.568. The smallest absolute Gasteiger partial charge is 0.298 e. The van der Waals surface area contributed by atoms with E-state index in [-0.39, 0.29) is 21.7 Å². The summed E-state index contributed by atoms with van der Waals surface area (Å²) in [5.41, 5.74) is 2.48. The van der Waals surface area contributed by atoms with E-state index >= 15 is 0 Å². The van der Waals surface area contributed by atoms with Gasteiger partial charge in [0.1, 0.15) is 5.69 Å². The maximum Gasteiger partial charge on any atom is 0.348 e. The lowest BCUT2D eigenvalue weighted by atomic mass is 9.99. The summed E-state index contributed by atoms with van der Waals surface area (Å²) in [6, 6.07) is 16.8. The largest absolute Gasteiger partial charge is 0.348 e. The average molecular weight is 339 g/mol. The molecule has 1 heterocycles. The first-order valence-electron chi connectivity index (χ1n) is 7.14. The molecule has 0 aliphatic carbocycles. The number of aryl methyl sites for hydroxylation is 1. The molecule has 0 unspecified atom stereocenters. The van der Waals surface area contributed by atoms with E-state index in [2.05, 4.69) is 10.3 Å². The number of hydrogen-bond acceptors (Lipinski definition) is 5. The topological polar surface area (TPSA) is 85.1 Å². The molecule has 2 aromatic carbocycles. The average Bonchev–Trinajstić information content (AvgIpc) is 2.96. The number of aromatic nitrogens is 1. The summed E-state index contributed by atoms with van der Waals surface area (Å²) in [5.74, 6) is -0.349. The van der Waals surface area contributed by atoms with Crippen LogP contribution in [0.15, 0.2) is 54.6 Å². The highest BCUT2D eigenvalue weighted by atomic mass is 32.1. The number of nitrogens with one attached hydrogen (secondary N) is 1. The van der Waals surface area contributed by atoms with Crippen molar-refractivity contribution in [2.24, 2.45) is 0 Å². The molecule has 0 spiro atoms. The van der Waals surface area contributed by atoms with E-state index < -0.39 is 4.92 Å². The highest BCUT2D eigenvalue weighted by molar-refractivity contribution is 7.19. The lowest BCUT2D eigenvalue weighted by Gasteiger charge is -2.08. The van der Waals surface area contributed by atoms with Gasteiger partial charge >= 0.3 is 5.00 Å². The first kappa shape index (κ1) is 15.8. The SMILES string of the molecule is Cc1nc(NC(=O)c2ccccc2-c2ccccc2)sc1[N+](=O)[O-]. The van der Waals surface area contributed by atoms with Crippen molar-refractivity contribution in [1.82, 2.24) is 4.98 Å². The van der Waals surface area contributed by atoms with Gasteiger partial charge in [-0.05, 0) is 35.5 Å². The van der Waals surface area contributed by atoms with Crippen LogP contribution in [0.2, 0.25) is 0 Å². The fourth-order valence-corrected chi connectivity index (χ4v) is 3.10. The van der Waals surface area contributed by atoms with E-state index in [0.29, 0.717) is 5.56 Å². The zero-order valence-corrected chi connectivity index (χ0v) is 13.5. The zero-order chi connectivity index (χ0) is 17.1. The van der Waals surface area contributed by atoms with E-state index in [1.54, 1.807) is 19.1 Å². The molecular formula is C17H13N3O3S. The van der Waals surface area contributed by atoms with Crippen molar-refractivity contribution < 1.29 is 9.72 Å². The molecule has 3 aromatic rings. The van der Waals surface area contributed by atoms with Crippen LogP contribution >= 0.6 is 11.3 Å². The number of carbonyl (C=O) groups is 1. The Morgan fingerprint density at radius 1 is 1.12 bits per heavy atom. The molecule has 0 bridgehead atoms. The van der Waals surface area contributed by atoms with Crippen molar-refractivity contribution in [2.45, 2.75) is 6.92 Å². The summed E-state index contributed by atoms with van der Waals surface area (Å²) in [6.07, 6.45) is 0. The summed E-state index contributed by atoms with van der Waals surface area (Å²) in [6.45, 7) is 1.54. The first-order valence-corrected chi connectivity index (χ1v) is 7.95. The van der Waals surface area contributed by atoms with Gasteiger partial charge in [0.15, 0.2) is 5.13 Å². The minimum absolute atomic E-state index is 0.0679. The molecule has 120 valence electrons. The van der Waals surface area contributed by atoms with Gasteiger partial charge in [-0.1, -0.05) is 48.5 Å². The maximum absolute atomic E-state index is 12.6. The Morgan fingerprint density at radius 3 is 2.46 bits per heavy atom. The highest BCUT2D eigenvalue weighted by Gasteiger charge is 2.20. The van der Waals surface area contributed by atoms with Crippen LogP contribution in [0.25, 0.3) is 11.1 Å². The predicted octanol–water partition coefficient (Wildman–Crippen LogP) is 4.28. The van der Waals surface area contributed by atoms with Crippen molar-refractivity contribution in [3.8, 4) is 11.1 Å². The second-order valence-corrected chi connectivity index (χ2v) is 6.01. The molecule has 24 heavy (non-hydrogen) atoms. The maximum atomic E-state index is 12.6. The first-order chi connectivity index (χ1) is 11.6. The Bertz CT molecular complexity index is 906. The number of carbonyl (C=O) groups excluding carboxylic acids is 1. The monoisotopic (exact) mass is 339 g/mol. The minimum atomic E-state index is -0.499. The number of anilines is 1. The lowest BCUT2D eigenvalue weighted by molar-refractivity contribution is -0.380. The second-order valence-electron chi connectivity index (χ2n) is 5.03. The van der Waals surface area contributed by atoms with Gasteiger partial charge in [-0.3, -0.25) is 20.2 Å². The molecule has 0 saturated heterocycles. The molecule has 0 saturated carbocycles. The van der Waals surface area contributed by atoms with Gasteiger partial charge in [-0.15, -0.1) is 0 Å².